The molecule has 2 N–H and O–H groups in total. The molecule has 164 valence electrons. The third-order valence-corrected chi connectivity index (χ3v) is 5.74. The summed E-state index contributed by atoms with van der Waals surface area (Å²) in [5, 5.41) is 13.7. The van der Waals surface area contributed by atoms with Crippen molar-refractivity contribution in [3.05, 3.63) is 90.0 Å². The van der Waals surface area contributed by atoms with Gasteiger partial charge in [-0.05, 0) is 46.7 Å². The highest BCUT2D eigenvalue weighted by molar-refractivity contribution is 6.07. The second kappa shape index (κ2) is 8.67. The normalized spacial score (nSPS) is 11.0. The van der Waals surface area contributed by atoms with E-state index in [1.54, 1.807) is 20.3 Å². The molecular formula is C27H23N3O3. The van der Waals surface area contributed by atoms with E-state index in [0.717, 1.165) is 44.2 Å². The lowest BCUT2D eigenvalue weighted by atomic mass is 10.0. The lowest BCUT2D eigenvalue weighted by Crippen LogP contribution is -2.23. The predicted molar refractivity (Wildman–Crippen MR) is 130 cm³/mol. The lowest BCUT2D eigenvalue weighted by Gasteiger charge is -2.12. The van der Waals surface area contributed by atoms with Gasteiger partial charge in [0, 0.05) is 12.1 Å². The zero-order valence-electron chi connectivity index (χ0n) is 18.4. The number of fused-ring (bicyclic) bond motifs is 2. The van der Waals surface area contributed by atoms with Crippen LogP contribution in [0.25, 0.3) is 32.9 Å². The number of rotatable bonds is 6. The van der Waals surface area contributed by atoms with E-state index < -0.39 is 0 Å². The molecule has 0 unspecified atom stereocenters. The Kier molecular flexibility index (Phi) is 5.40. The van der Waals surface area contributed by atoms with Gasteiger partial charge in [-0.15, -0.1) is 0 Å². The van der Waals surface area contributed by atoms with Gasteiger partial charge in [0.1, 0.15) is 17.2 Å². The van der Waals surface area contributed by atoms with Gasteiger partial charge in [0.05, 0.1) is 30.7 Å². The molecule has 0 radical (unpaired) electrons. The highest BCUT2D eigenvalue weighted by Crippen LogP contribution is 2.37. The average molecular weight is 437 g/mol. The molecule has 0 fully saturated rings. The maximum absolute atomic E-state index is 13.1. The number of hydrogen-bond donors (Lipinski definition) is 2. The van der Waals surface area contributed by atoms with Gasteiger partial charge in [0.15, 0.2) is 0 Å². The van der Waals surface area contributed by atoms with Crippen molar-refractivity contribution in [3.63, 3.8) is 0 Å². The lowest BCUT2D eigenvalue weighted by molar-refractivity contribution is 0.0948. The van der Waals surface area contributed by atoms with Crippen LogP contribution in [0.4, 0.5) is 0 Å². The molecule has 6 heteroatoms. The molecule has 1 heterocycles. The first-order valence-electron chi connectivity index (χ1n) is 10.6. The minimum absolute atomic E-state index is 0.220. The first-order chi connectivity index (χ1) is 16.2. The minimum Gasteiger partial charge on any atom is -0.497 e. The number of carbonyl (C=O) groups excluding carboxylic acids is 1. The van der Waals surface area contributed by atoms with Crippen LogP contribution in [0.2, 0.25) is 0 Å². The van der Waals surface area contributed by atoms with Crippen LogP contribution in [0.3, 0.4) is 0 Å². The molecule has 4 aromatic carbocycles. The van der Waals surface area contributed by atoms with Gasteiger partial charge in [0.2, 0.25) is 0 Å². The smallest absolute Gasteiger partial charge is 0.255 e. The first kappa shape index (κ1) is 20.6. The fourth-order valence-electron chi connectivity index (χ4n) is 4.08. The zero-order valence-corrected chi connectivity index (χ0v) is 18.4. The van der Waals surface area contributed by atoms with E-state index in [0.29, 0.717) is 17.9 Å². The van der Waals surface area contributed by atoms with Crippen LogP contribution in [-0.4, -0.2) is 30.3 Å². The number of ether oxygens (including phenoxy) is 2. The molecule has 33 heavy (non-hydrogen) atoms. The van der Waals surface area contributed by atoms with E-state index in [4.69, 9.17) is 9.47 Å². The van der Waals surface area contributed by atoms with Gasteiger partial charge in [-0.25, -0.2) is 0 Å². The number of benzene rings is 4. The standard InChI is InChI=1S/C27H23N3O3/c1-32-21-9-5-6-17(14-21)16-28-27(31)22-12-13-23-24(26(22)33-2)25(30-29-23)20-11-10-18-7-3-4-8-19(18)15-20/h3-15H,16H2,1-2H3,(H,28,31)(H,29,30). The molecule has 1 aromatic heterocycles. The van der Waals surface area contributed by atoms with E-state index in [-0.39, 0.29) is 5.91 Å². The maximum atomic E-state index is 13.1. The summed E-state index contributed by atoms with van der Waals surface area (Å²) in [5.41, 5.74) is 3.90. The van der Waals surface area contributed by atoms with Crippen molar-refractivity contribution in [2.24, 2.45) is 0 Å². The van der Waals surface area contributed by atoms with E-state index >= 15 is 0 Å². The van der Waals surface area contributed by atoms with Crippen molar-refractivity contribution < 1.29 is 14.3 Å². The van der Waals surface area contributed by atoms with Crippen molar-refractivity contribution >= 4 is 27.6 Å². The minimum atomic E-state index is -0.220. The second-order valence-electron chi connectivity index (χ2n) is 7.74. The molecule has 0 spiro atoms. The number of H-pyrrole nitrogens is 1. The SMILES string of the molecule is COc1cccc(CNC(=O)c2ccc3[nH]nc(-c4ccc5ccccc5c4)c3c2OC)c1. The highest BCUT2D eigenvalue weighted by atomic mass is 16.5. The number of aromatic amines is 1. The molecule has 0 atom stereocenters. The second-order valence-corrected chi connectivity index (χ2v) is 7.74. The van der Waals surface area contributed by atoms with Gasteiger partial charge >= 0.3 is 0 Å². The van der Waals surface area contributed by atoms with Gasteiger partial charge in [-0.2, -0.15) is 5.10 Å². The van der Waals surface area contributed by atoms with Crippen LogP contribution in [-0.2, 0) is 6.54 Å². The van der Waals surface area contributed by atoms with Gasteiger partial charge in [-0.1, -0.05) is 48.5 Å². The van der Waals surface area contributed by atoms with E-state index in [1.165, 1.54) is 0 Å². The Balaban J connectivity index is 1.51. The molecule has 1 amide bonds. The Morgan fingerprint density at radius 2 is 1.76 bits per heavy atom. The van der Waals surface area contributed by atoms with Crippen molar-refractivity contribution in [3.8, 4) is 22.8 Å². The summed E-state index contributed by atoms with van der Waals surface area (Å²) in [5.74, 6) is 1.02. The van der Waals surface area contributed by atoms with Crippen LogP contribution in [0.15, 0.2) is 78.9 Å². The molecule has 0 saturated heterocycles. The highest BCUT2D eigenvalue weighted by Gasteiger charge is 2.20. The van der Waals surface area contributed by atoms with Gasteiger partial charge in [0.25, 0.3) is 5.91 Å². The summed E-state index contributed by atoms with van der Waals surface area (Å²) in [4.78, 5) is 13.1. The van der Waals surface area contributed by atoms with Gasteiger partial charge < -0.3 is 14.8 Å². The summed E-state index contributed by atoms with van der Waals surface area (Å²) >= 11 is 0. The fourth-order valence-corrected chi connectivity index (χ4v) is 4.08. The van der Waals surface area contributed by atoms with E-state index in [9.17, 15) is 4.79 Å². The van der Waals surface area contributed by atoms with Crippen molar-refractivity contribution in [1.29, 1.82) is 0 Å². The van der Waals surface area contributed by atoms with Crippen LogP contribution in [0.5, 0.6) is 11.5 Å². The molecule has 0 aliphatic heterocycles. The van der Waals surface area contributed by atoms with Crippen LogP contribution >= 0.6 is 0 Å². The Morgan fingerprint density at radius 1 is 0.909 bits per heavy atom. The Morgan fingerprint density at radius 3 is 2.58 bits per heavy atom. The number of nitrogens with zero attached hydrogens (tertiary/aromatic N) is 1. The quantitative estimate of drug-likeness (QED) is 0.376. The summed E-state index contributed by atoms with van der Waals surface area (Å²) in [7, 11) is 3.20. The summed E-state index contributed by atoms with van der Waals surface area (Å²) in [6, 6.07) is 25.6. The predicted octanol–water partition coefficient (Wildman–Crippen LogP) is 5.33. The fraction of sp³-hybridized carbons (Fsp3) is 0.111. The largest absolute Gasteiger partial charge is 0.497 e. The number of nitrogens with one attached hydrogen (secondary N) is 2. The summed E-state index contributed by atoms with van der Waals surface area (Å²) in [6.07, 6.45) is 0. The van der Waals surface area contributed by atoms with Crippen molar-refractivity contribution in [2.75, 3.05) is 14.2 Å². The third-order valence-electron chi connectivity index (χ3n) is 5.74. The van der Waals surface area contributed by atoms with Gasteiger partial charge in [-0.3, -0.25) is 9.89 Å². The number of aromatic nitrogens is 2. The van der Waals surface area contributed by atoms with Crippen LogP contribution in [0.1, 0.15) is 15.9 Å². The van der Waals surface area contributed by atoms with Crippen molar-refractivity contribution in [2.45, 2.75) is 6.54 Å². The molecule has 6 nitrogen and oxygen atoms in total. The number of carbonyl (C=O) groups is 1. The third kappa shape index (κ3) is 3.87. The monoisotopic (exact) mass is 437 g/mol. The Labute approximate surface area is 191 Å². The molecule has 0 saturated carbocycles. The zero-order chi connectivity index (χ0) is 22.8. The Hall–Kier alpha value is -4.32. The Bertz CT molecular complexity index is 1470. The average Bonchev–Trinajstić information content (AvgIpc) is 3.31. The van der Waals surface area contributed by atoms with Crippen LogP contribution < -0.4 is 14.8 Å². The number of hydrogen-bond acceptors (Lipinski definition) is 4. The topological polar surface area (TPSA) is 76.2 Å². The number of methoxy groups -OCH3 is 2. The molecular weight excluding hydrogens is 414 g/mol. The van der Waals surface area contributed by atoms with E-state index in [1.807, 2.05) is 48.5 Å². The molecule has 5 rings (SSSR count). The molecule has 0 aliphatic rings. The first-order valence-corrected chi connectivity index (χ1v) is 10.6. The summed E-state index contributed by atoms with van der Waals surface area (Å²) < 4.78 is 11.0. The van der Waals surface area contributed by atoms with Crippen LogP contribution in [0, 0.1) is 0 Å². The number of amides is 1. The molecule has 0 bridgehead atoms. The molecule has 0 aliphatic carbocycles. The maximum Gasteiger partial charge on any atom is 0.255 e. The van der Waals surface area contributed by atoms with Crippen molar-refractivity contribution in [1.82, 2.24) is 15.5 Å². The van der Waals surface area contributed by atoms with E-state index in [2.05, 4.69) is 39.8 Å². The molecule has 5 aromatic rings. The summed E-state index contributed by atoms with van der Waals surface area (Å²) in [6.45, 7) is 0.375.